The van der Waals surface area contributed by atoms with Gasteiger partial charge in [0.1, 0.15) is 11.5 Å². The standard InChI is InChI=1S/C17H16O6/c1-20-13-6-4-7-14(9-13)22-11-16(19)23-17-12(10-18)5-3-8-15(17)21-2/h3-10H,11H2,1-2H3. The molecule has 2 aromatic carbocycles. The van der Waals surface area contributed by atoms with Gasteiger partial charge in [-0.05, 0) is 24.3 Å². The fourth-order valence-electron chi connectivity index (χ4n) is 1.87. The number of esters is 1. The normalized spacial score (nSPS) is 9.83. The minimum Gasteiger partial charge on any atom is -0.497 e. The molecule has 0 saturated carbocycles. The molecule has 0 atom stereocenters. The number of carbonyl (C=O) groups excluding carboxylic acids is 2. The topological polar surface area (TPSA) is 71.1 Å². The van der Waals surface area contributed by atoms with E-state index in [0.717, 1.165) is 0 Å². The largest absolute Gasteiger partial charge is 0.497 e. The van der Waals surface area contributed by atoms with E-state index in [4.69, 9.17) is 18.9 Å². The van der Waals surface area contributed by atoms with Crippen LogP contribution in [0.5, 0.6) is 23.0 Å². The van der Waals surface area contributed by atoms with Crippen LogP contribution >= 0.6 is 0 Å². The summed E-state index contributed by atoms with van der Waals surface area (Å²) in [6.45, 7) is -0.316. The van der Waals surface area contributed by atoms with Crippen LogP contribution in [0.2, 0.25) is 0 Å². The van der Waals surface area contributed by atoms with Gasteiger partial charge in [-0.2, -0.15) is 0 Å². The quantitative estimate of drug-likeness (QED) is 0.444. The molecule has 0 radical (unpaired) electrons. The van der Waals surface area contributed by atoms with Gasteiger partial charge in [0.05, 0.1) is 19.8 Å². The molecule has 0 saturated heterocycles. The van der Waals surface area contributed by atoms with Crippen molar-refractivity contribution >= 4 is 12.3 Å². The third kappa shape index (κ3) is 4.23. The highest BCUT2D eigenvalue weighted by Crippen LogP contribution is 2.30. The molecule has 0 bridgehead atoms. The van der Waals surface area contributed by atoms with Gasteiger partial charge in [-0.15, -0.1) is 0 Å². The zero-order chi connectivity index (χ0) is 16.7. The van der Waals surface area contributed by atoms with Crippen molar-refractivity contribution < 1.29 is 28.5 Å². The Morgan fingerprint density at radius 3 is 2.48 bits per heavy atom. The van der Waals surface area contributed by atoms with Crippen molar-refractivity contribution in [1.29, 1.82) is 0 Å². The zero-order valence-electron chi connectivity index (χ0n) is 12.8. The summed E-state index contributed by atoms with van der Waals surface area (Å²) < 4.78 is 20.7. The van der Waals surface area contributed by atoms with Crippen LogP contribution in [0.3, 0.4) is 0 Å². The van der Waals surface area contributed by atoms with Gasteiger partial charge in [0.2, 0.25) is 0 Å². The van der Waals surface area contributed by atoms with E-state index in [1.165, 1.54) is 20.3 Å². The van der Waals surface area contributed by atoms with E-state index >= 15 is 0 Å². The molecular weight excluding hydrogens is 300 g/mol. The molecule has 0 aliphatic heterocycles. The summed E-state index contributed by atoms with van der Waals surface area (Å²) in [6.07, 6.45) is 0.591. The summed E-state index contributed by atoms with van der Waals surface area (Å²) in [6, 6.07) is 11.6. The van der Waals surface area contributed by atoms with Crippen LogP contribution in [0.15, 0.2) is 42.5 Å². The first-order chi connectivity index (χ1) is 11.2. The van der Waals surface area contributed by atoms with E-state index in [-0.39, 0.29) is 17.9 Å². The Kier molecular flexibility index (Phi) is 5.57. The molecule has 0 fully saturated rings. The average Bonchev–Trinajstić information content (AvgIpc) is 2.60. The Bertz CT molecular complexity index is 695. The van der Waals surface area contributed by atoms with Crippen molar-refractivity contribution in [3.8, 4) is 23.0 Å². The first-order valence-corrected chi connectivity index (χ1v) is 6.77. The molecular formula is C17H16O6. The van der Waals surface area contributed by atoms with Crippen LogP contribution in [0.4, 0.5) is 0 Å². The molecule has 0 unspecified atom stereocenters. The minimum atomic E-state index is -0.652. The Labute approximate surface area is 133 Å². The lowest BCUT2D eigenvalue weighted by Crippen LogP contribution is -2.18. The number of ether oxygens (including phenoxy) is 4. The van der Waals surface area contributed by atoms with Gasteiger partial charge in [-0.1, -0.05) is 12.1 Å². The van der Waals surface area contributed by atoms with Crippen LogP contribution in [-0.4, -0.2) is 33.1 Å². The lowest BCUT2D eigenvalue weighted by Gasteiger charge is -2.11. The lowest BCUT2D eigenvalue weighted by molar-refractivity contribution is -0.136. The molecule has 0 aliphatic rings. The Morgan fingerprint density at radius 1 is 1.04 bits per heavy atom. The second kappa shape index (κ2) is 7.84. The van der Waals surface area contributed by atoms with Gasteiger partial charge >= 0.3 is 5.97 Å². The first-order valence-electron chi connectivity index (χ1n) is 6.77. The maximum absolute atomic E-state index is 11.9. The van der Waals surface area contributed by atoms with Crippen LogP contribution in [0.1, 0.15) is 10.4 Å². The smallest absolute Gasteiger partial charge is 0.349 e. The molecule has 6 nitrogen and oxygen atoms in total. The molecule has 2 aromatic rings. The predicted molar refractivity (Wildman–Crippen MR) is 82.5 cm³/mol. The third-order valence-corrected chi connectivity index (χ3v) is 2.97. The summed E-state index contributed by atoms with van der Waals surface area (Å²) >= 11 is 0. The summed E-state index contributed by atoms with van der Waals surface area (Å²) in [4.78, 5) is 23.0. The Hall–Kier alpha value is -3.02. The average molecular weight is 316 g/mol. The van der Waals surface area contributed by atoms with Crippen LogP contribution in [0.25, 0.3) is 0 Å². The molecule has 0 aromatic heterocycles. The number of carbonyl (C=O) groups is 2. The highest BCUT2D eigenvalue weighted by Gasteiger charge is 2.15. The van der Waals surface area contributed by atoms with E-state index < -0.39 is 5.97 Å². The van der Waals surface area contributed by atoms with Gasteiger partial charge in [0.15, 0.2) is 24.4 Å². The number of methoxy groups -OCH3 is 2. The zero-order valence-corrected chi connectivity index (χ0v) is 12.8. The van der Waals surface area contributed by atoms with E-state index in [2.05, 4.69) is 0 Å². The molecule has 23 heavy (non-hydrogen) atoms. The third-order valence-electron chi connectivity index (χ3n) is 2.97. The van der Waals surface area contributed by atoms with Gasteiger partial charge in [0.25, 0.3) is 0 Å². The van der Waals surface area contributed by atoms with E-state index in [0.29, 0.717) is 23.5 Å². The highest BCUT2D eigenvalue weighted by molar-refractivity contribution is 5.84. The van der Waals surface area contributed by atoms with E-state index in [1.807, 2.05) is 0 Å². The van der Waals surface area contributed by atoms with Crippen molar-refractivity contribution in [3.63, 3.8) is 0 Å². The second-order valence-corrected chi connectivity index (χ2v) is 4.44. The molecule has 0 aliphatic carbocycles. The second-order valence-electron chi connectivity index (χ2n) is 4.44. The lowest BCUT2D eigenvalue weighted by atomic mass is 10.2. The van der Waals surface area contributed by atoms with Crippen molar-refractivity contribution in [2.45, 2.75) is 0 Å². The highest BCUT2D eigenvalue weighted by atomic mass is 16.6. The molecule has 0 N–H and O–H groups in total. The minimum absolute atomic E-state index is 0.0734. The van der Waals surface area contributed by atoms with Gasteiger partial charge < -0.3 is 18.9 Å². The van der Waals surface area contributed by atoms with Crippen LogP contribution in [-0.2, 0) is 4.79 Å². The first kappa shape index (κ1) is 16.4. The van der Waals surface area contributed by atoms with E-state index in [1.54, 1.807) is 36.4 Å². The summed E-state index contributed by atoms with van der Waals surface area (Å²) in [5, 5.41) is 0. The molecule has 0 heterocycles. The van der Waals surface area contributed by atoms with Crippen LogP contribution < -0.4 is 18.9 Å². The van der Waals surface area contributed by atoms with E-state index in [9.17, 15) is 9.59 Å². The Balaban J connectivity index is 2.04. The number of hydrogen-bond acceptors (Lipinski definition) is 6. The van der Waals surface area contributed by atoms with Crippen molar-refractivity contribution in [1.82, 2.24) is 0 Å². The predicted octanol–water partition coefficient (Wildman–Crippen LogP) is 2.50. The summed E-state index contributed by atoms with van der Waals surface area (Å²) in [5.41, 5.74) is 0.221. The molecule has 0 spiro atoms. The number of rotatable bonds is 7. The maximum atomic E-state index is 11.9. The number of benzene rings is 2. The summed E-state index contributed by atoms with van der Waals surface area (Å²) in [5.74, 6) is 0.801. The molecule has 0 amide bonds. The van der Waals surface area contributed by atoms with Gasteiger partial charge in [0, 0.05) is 6.07 Å². The van der Waals surface area contributed by atoms with Gasteiger partial charge in [-0.3, -0.25) is 4.79 Å². The SMILES string of the molecule is COc1cccc(OCC(=O)Oc2c(C=O)cccc2OC)c1. The van der Waals surface area contributed by atoms with Crippen LogP contribution in [0, 0.1) is 0 Å². The van der Waals surface area contributed by atoms with Crippen molar-refractivity contribution in [3.05, 3.63) is 48.0 Å². The van der Waals surface area contributed by atoms with Crippen molar-refractivity contribution in [2.75, 3.05) is 20.8 Å². The number of para-hydroxylation sites is 1. The molecule has 2 rings (SSSR count). The number of hydrogen-bond donors (Lipinski definition) is 0. The molecule has 6 heteroatoms. The summed E-state index contributed by atoms with van der Waals surface area (Å²) in [7, 11) is 2.96. The fraction of sp³-hybridized carbons (Fsp3) is 0.176. The maximum Gasteiger partial charge on any atom is 0.349 e. The van der Waals surface area contributed by atoms with Gasteiger partial charge in [-0.25, -0.2) is 4.79 Å². The monoisotopic (exact) mass is 316 g/mol. The van der Waals surface area contributed by atoms with Crippen molar-refractivity contribution in [2.24, 2.45) is 0 Å². The molecule has 120 valence electrons. The number of aldehydes is 1. The Morgan fingerprint density at radius 2 is 1.78 bits per heavy atom. The fourth-order valence-corrected chi connectivity index (χ4v) is 1.87.